The molecule has 0 saturated heterocycles. The molecule has 23 heavy (non-hydrogen) atoms. The average molecular weight is 314 g/mol. The van der Waals surface area contributed by atoms with Gasteiger partial charge in [-0.25, -0.2) is 0 Å². The summed E-state index contributed by atoms with van der Waals surface area (Å²) < 4.78 is 1.76. The second-order valence-corrected chi connectivity index (χ2v) is 6.15. The SMILES string of the molecule is CCN(Cc1cnn(C)c1)C(=O)[C@@H](c1cccc(C)c1)N(C)C. The normalized spacial score (nSPS) is 12.4. The first-order valence-electron chi connectivity index (χ1n) is 7.91. The van der Waals surface area contributed by atoms with Crippen LogP contribution in [0.3, 0.4) is 0 Å². The number of nitrogens with zero attached hydrogens (tertiary/aromatic N) is 4. The van der Waals surface area contributed by atoms with Gasteiger partial charge in [0.15, 0.2) is 0 Å². The Hall–Kier alpha value is -2.14. The van der Waals surface area contributed by atoms with Crippen LogP contribution in [-0.2, 0) is 18.4 Å². The van der Waals surface area contributed by atoms with Crippen molar-refractivity contribution in [3.63, 3.8) is 0 Å². The Bertz CT molecular complexity index is 663. The number of aryl methyl sites for hydroxylation is 2. The fraction of sp³-hybridized carbons (Fsp3) is 0.444. The molecule has 1 aromatic carbocycles. The van der Waals surface area contributed by atoms with Crippen molar-refractivity contribution in [2.24, 2.45) is 7.05 Å². The summed E-state index contributed by atoms with van der Waals surface area (Å²) >= 11 is 0. The van der Waals surface area contributed by atoms with Gasteiger partial charge in [0, 0.05) is 31.9 Å². The smallest absolute Gasteiger partial charge is 0.244 e. The van der Waals surface area contributed by atoms with E-state index < -0.39 is 0 Å². The van der Waals surface area contributed by atoms with E-state index in [9.17, 15) is 4.79 Å². The zero-order valence-corrected chi connectivity index (χ0v) is 14.7. The van der Waals surface area contributed by atoms with E-state index in [0.717, 1.165) is 16.7 Å². The second kappa shape index (κ2) is 7.42. The number of benzene rings is 1. The summed E-state index contributed by atoms with van der Waals surface area (Å²) in [5, 5.41) is 4.18. The van der Waals surface area contributed by atoms with Gasteiger partial charge >= 0.3 is 0 Å². The topological polar surface area (TPSA) is 41.4 Å². The molecular formula is C18H26N4O. The predicted octanol–water partition coefficient (Wildman–Crippen LogP) is 2.38. The quantitative estimate of drug-likeness (QED) is 0.822. The Balaban J connectivity index is 2.24. The van der Waals surface area contributed by atoms with E-state index in [1.807, 2.05) is 75.4 Å². The number of carbonyl (C=O) groups excluding carboxylic acids is 1. The molecule has 0 aliphatic rings. The molecule has 5 nitrogen and oxygen atoms in total. The maximum atomic E-state index is 13.1. The van der Waals surface area contributed by atoms with Crippen LogP contribution in [0.25, 0.3) is 0 Å². The van der Waals surface area contributed by atoms with E-state index in [2.05, 4.69) is 11.2 Å². The monoisotopic (exact) mass is 314 g/mol. The standard InChI is InChI=1S/C18H26N4O/c1-6-22(13-15-11-19-21(5)12-15)18(23)17(20(3)4)16-9-7-8-14(2)10-16/h7-12,17H,6,13H2,1-5H3/t17-/m1/s1. The van der Waals surface area contributed by atoms with E-state index in [4.69, 9.17) is 0 Å². The van der Waals surface area contributed by atoms with E-state index in [1.165, 1.54) is 0 Å². The number of amides is 1. The van der Waals surface area contributed by atoms with Gasteiger partial charge in [0.2, 0.25) is 5.91 Å². The number of hydrogen-bond acceptors (Lipinski definition) is 3. The highest BCUT2D eigenvalue weighted by atomic mass is 16.2. The summed E-state index contributed by atoms with van der Waals surface area (Å²) in [7, 11) is 5.78. The third-order valence-corrected chi connectivity index (χ3v) is 3.93. The van der Waals surface area contributed by atoms with Gasteiger partial charge in [0.1, 0.15) is 6.04 Å². The van der Waals surface area contributed by atoms with Gasteiger partial charge in [-0.2, -0.15) is 5.10 Å². The number of rotatable bonds is 6. The predicted molar refractivity (Wildman–Crippen MR) is 91.9 cm³/mol. The van der Waals surface area contributed by atoms with Crippen LogP contribution in [-0.4, -0.2) is 46.1 Å². The molecule has 5 heteroatoms. The van der Waals surface area contributed by atoms with Crippen molar-refractivity contribution >= 4 is 5.91 Å². The maximum absolute atomic E-state index is 13.1. The van der Waals surface area contributed by atoms with Gasteiger partial charge in [-0.15, -0.1) is 0 Å². The molecule has 1 aromatic heterocycles. The van der Waals surface area contributed by atoms with Crippen LogP contribution >= 0.6 is 0 Å². The minimum Gasteiger partial charge on any atom is -0.337 e. The zero-order chi connectivity index (χ0) is 17.0. The molecule has 2 aromatic rings. The Morgan fingerprint density at radius 2 is 2.09 bits per heavy atom. The molecule has 0 aliphatic carbocycles. The van der Waals surface area contributed by atoms with E-state index in [-0.39, 0.29) is 11.9 Å². The number of aromatic nitrogens is 2. The van der Waals surface area contributed by atoms with Crippen molar-refractivity contribution in [3.05, 3.63) is 53.3 Å². The van der Waals surface area contributed by atoms with Gasteiger partial charge in [-0.3, -0.25) is 14.4 Å². The Morgan fingerprint density at radius 1 is 1.35 bits per heavy atom. The van der Waals surface area contributed by atoms with Gasteiger partial charge < -0.3 is 4.90 Å². The van der Waals surface area contributed by atoms with Crippen LogP contribution < -0.4 is 0 Å². The summed E-state index contributed by atoms with van der Waals surface area (Å²) in [5.41, 5.74) is 3.24. The first kappa shape index (κ1) is 17.2. The summed E-state index contributed by atoms with van der Waals surface area (Å²) in [6.45, 7) is 5.31. The van der Waals surface area contributed by atoms with Crippen LogP contribution in [0.5, 0.6) is 0 Å². The molecule has 1 atom stereocenters. The number of likely N-dealkylation sites (N-methyl/N-ethyl adjacent to an activating group) is 2. The lowest BCUT2D eigenvalue weighted by atomic mass is 10.0. The molecule has 0 aliphatic heterocycles. The molecule has 124 valence electrons. The van der Waals surface area contributed by atoms with E-state index in [1.54, 1.807) is 4.68 Å². The molecular weight excluding hydrogens is 288 g/mol. The Morgan fingerprint density at radius 3 is 2.61 bits per heavy atom. The van der Waals surface area contributed by atoms with Crippen molar-refractivity contribution in [1.82, 2.24) is 19.6 Å². The second-order valence-electron chi connectivity index (χ2n) is 6.15. The maximum Gasteiger partial charge on any atom is 0.244 e. The lowest BCUT2D eigenvalue weighted by molar-refractivity contribution is -0.136. The molecule has 0 unspecified atom stereocenters. The fourth-order valence-corrected chi connectivity index (χ4v) is 2.79. The van der Waals surface area contributed by atoms with Gasteiger partial charge in [-0.1, -0.05) is 29.8 Å². The minimum atomic E-state index is -0.272. The average Bonchev–Trinajstić information content (AvgIpc) is 2.90. The third kappa shape index (κ3) is 4.20. The van der Waals surface area contributed by atoms with Crippen molar-refractivity contribution in [2.75, 3.05) is 20.6 Å². The minimum absolute atomic E-state index is 0.118. The number of hydrogen-bond donors (Lipinski definition) is 0. The van der Waals surface area contributed by atoms with Crippen molar-refractivity contribution in [2.45, 2.75) is 26.4 Å². The van der Waals surface area contributed by atoms with Crippen molar-refractivity contribution < 1.29 is 4.79 Å². The van der Waals surface area contributed by atoms with Crippen LogP contribution in [0.4, 0.5) is 0 Å². The Kier molecular flexibility index (Phi) is 5.55. The molecule has 0 spiro atoms. The first-order valence-corrected chi connectivity index (χ1v) is 7.91. The lowest BCUT2D eigenvalue weighted by Crippen LogP contribution is -2.40. The molecule has 1 amide bonds. The summed E-state index contributed by atoms with van der Waals surface area (Å²) in [5.74, 6) is 0.118. The Labute approximate surface area is 138 Å². The molecule has 0 bridgehead atoms. The van der Waals surface area contributed by atoms with Gasteiger partial charge in [0.05, 0.1) is 6.20 Å². The summed E-state index contributed by atoms with van der Waals surface area (Å²) in [6, 6.07) is 7.89. The third-order valence-electron chi connectivity index (χ3n) is 3.93. The molecule has 0 saturated carbocycles. The van der Waals surface area contributed by atoms with Crippen molar-refractivity contribution in [1.29, 1.82) is 0 Å². The molecule has 0 radical (unpaired) electrons. The van der Waals surface area contributed by atoms with Gasteiger partial charge in [-0.05, 0) is 33.5 Å². The molecule has 0 fully saturated rings. The highest BCUT2D eigenvalue weighted by Gasteiger charge is 2.27. The van der Waals surface area contributed by atoms with Crippen LogP contribution in [0, 0.1) is 6.92 Å². The van der Waals surface area contributed by atoms with Gasteiger partial charge in [0.25, 0.3) is 0 Å². The molecule has 0 N–H and O–H groups in total. The van der Waals surface area contributed by atoms with E-state index in [0.29, 0.717) is 13.1 Å². The van der Waals surface area contributed by atoms with E-state index >= 15 is 0 Å². The number of carbonyl (C=O) groups is 1. The summed E-state index contributed by atoms with van der Waals surface area (Å²) in [6.07, 6.45) is 3.76. The highest BCUT2D eigenvalue weighted by molar-refractivity contribution is 5.83. The lowest BCUT2D eigenvalue weighted by Gasteiger charge is -2.30. The highest BCUT2D eigenvalue weighted by Crippen LogP contribution is 2.22. The molecule has 1 heterocycles. The van der Waals surface area contributed by atoms with Crippen molar-refractivity contribution in [3.8, 4) is 0 Å². The summed E-state index contributed by atoms with van der Waals surface area (Å²) in [4.78, 5) is 17.0. The van der Waals surface area contributed by atoms with Crippen LogP contribution in [0.2, 0.25) is 0 Å². The first-order chi connectivity index (χ1) is 10.9. The molecule has 2 rings (SSSR count). The zero-order valence-electron chi connectivity index (χ0n) is 14.7. The van der Waals surface area contributed by atoms with Crippen LogP contribution in [0.15, 0.2) is 36.7 Å². The van der Waals surface area contributed by atoms with Crippen LogP contribution in [0.1, 0.15) is 29.7 Å². The largest absolute Gasteiger partial charge is 0.337 e. The fourth-order valence-electron chi connectivity index (χ4n) is 2.79.